The largest absolute Gasteiger partial charge is 0.350 e. The second-order valence-corrected chi connectivity index (χ2v) is 2.23. The second kappa shape index (κ2) is 5.03. The first-order valence-electron chi connectivity index (χ1n) is 3.67. The first-order chi connectivity index (χ1) is 4.74. The molecule has 0 aliphatic heterocycles. The van der Waals surface area contributed by atoms with Gasteiger partial charge < -0.3 is 5.32 Å². The molecule has 0 heterocycles. The lowest BCUT2D eigenvalue weighted by atomic mass is 10.2. The highest BCUT2D eigenvalue weighted by molar-refractivity contribution is 5.87. The third-order valence-electron chi connectivity index (χ3n) is 1.52. The van der Waals surface area contributed by atoms with Crippen LogP contribution in [0.25, 0.3) is 0 Å². The highest BCUT2D eigenvalue weighted by Crippen LogP contribution is 1.94. The van der Waals surface area contributed by atoms with Crippen molar-refractivity contribution in [2.24, 2.45) is 0 Å². The van der Waals surface area contributed by atoms with Crippen LogP contribution in [0.15, 0.2) is 12.7 Å². The van der Waals surface area contributed by atoms with Gasteiger partial charge in [-0.2, -0.15) is 0 Å². The van der Waals surface area contributed by atoms with Gasteiger partial charge in [-0.05, 0) is 18.9 Å². The lowest BCUT2D eigenvalue weighted by Gasteiger charge is -2.12. The summed E-state index contributed by atoms with van der Waals surface area (Å²) >= 11 is 0. The Morgan fingerprint density at radius 2 is 2.10 bits per heavy atom. The molecule has 0 saturated heterocycles. The Hall–Kier alpha value is -0.790. The molecule has 0 aromatic heterocycles. The molecule has 0 aliphatic rings. The van der Waals surface area contributed by atoms with E-state index in [4.69, 9.17) is 0 Å². The van der Waals surface area contributed by atoms with Crippen molar-refractivity contribution >= 4 is 5.91 Å². The number of nitrogens with one attached hydrogen (secondary N) is 1. The van der Waals surface area contributed by atoms with Gasteiger partial charge >= 0.3 is 0 Å². The molecular formula is C8H15NO. The maximum atomic E-state index is 10.7. The van der Waals surface area contributed by atoms with Crippen molar-refractivity contribution in [2.75, 3.05) is 0 Å². The van der Waals surface area contributed by atoms with Crippen LogP contribution in [0, 0.1) is 0 Å². The fourth-order valence-electron chi connectivity index (χ4n) is 0.753. The average molecular weight is 141 g/mol. The minimum absolute atomic E-state index is 0.0753. The van der Waals surface area contributed by atoms with Gasteiger partial charge in [0.25, 0.3) is 0 Å². The summed E-state index contributed by atoms with van der Waals surface area (Å²) < 4.78 is 0. The monoisotopic (exact) mass is 141 g/mol. The van der Waals surface area contributed by atoms with Gasteiger partial charge in [0.15, 0.2) is 0 Å². The molecule has 10 heavy (non-hydrogen) atoms. The molecule has 0 spiro atoms. The van der Waals surface area contributed by atoms with Crippen LogP contribution in [0.5, 0.6) is 0 Å². The Morgan fingerprint density at radius 1 is 1.60 bits per heavy atom. The first kappa shape index (κ1) is 9.21. The van der Waals surface area contributed by atoms with Gasteiger partial charge in [0.1, 0.15) is 0 Å². The van der Waals surface area contributed by atoms with E-state index in [2.05, 4.69) is 25.7 Å². The Bertz CT molecular complexity index is 116. The molecule has 0 aromatic carbocycles. The number of carbonyl (C=O) groups excluding carboxylic acids is 1. The molecule has 1 N–H and O–H groups in total. The van der Waals surface area contributed by atoms with Gasteiger partial charge in [-0.1, -0.05) is 20.4 Å². The maximum Gasteiger partial charge on any atom is 0.243 e. The van der Waals surface area contributed by atoms with E-state index < -0.39 is 0 Å². The maximum absolute atomic E-state index is 10.7. The van der Waals surface area contributed by atoms with Gasteiger partial charge in [0.2, 0.25) is 5.91 Å². The molecule has 2 nitrogen and oxygen atoms in total. The van der Waals surface area contributed by atoms with Gasteiger partial charge in [0, 0.05) is 6.04 Å². The summed E-state index contributed by atoms with van der Waals surface area (Å²) in [7, 11) is 0. The molecule has 0 bridgehead atoms. The molecule has 2 heteroatoms. The zero-order valence-corrected chi connectivity index (χ0v) is 6.68. The molecule has 0 unspecified atom stereocenters. The average Bonchev–Trinajstić information content (AvgIpc) is 1.99. The van der Waals surface area contributed by atoms with Crippen LogP contribution in [-0.4, -0.2) is 11.9 Å². The van der Waals surface area contributed by atoms with E-state index in [0.29, 0.717) is 6.04 Å². The molecule has 58 valence electrons. The summed E-state index contributed by atoms with van der Waals surface area (Å²) in [6.45, 7) is 7.48. The van der Waals surface area contributed by atoms with E-state index in [0.717, 1.165) is 12.8 Å². The Morgan fingerprint density at radius 3 is 2.40 bits per heavy atom. The van der Waals surface area contributed by atoms with E-state index in [9.17, 15) is 4.79 Å². The molecule has 0 radical (unpaired) electrons. The van der Waals surface area contributed by atoms with Crippen LogP contribution in [-0.2, 0) is 4.79 Å². The van der Waals surface area contributed by atoms with Crippen molar-refractivity contribution in [1.82, 2.24) is 5.32 Å². The van der Waals surface area contributed by atoms with Crippen molar-refractivity contribution in [3.63, 3.8) is 0 Å². The first-order valence-corrected chi connectivity index (χ1v) is 3.67. The standard InChI is InChI=1S/C8H15NO/c1-4-7(5-2)9-8(10)6-3/h6-7H,3-5H2,1-2H3,(H,9,10). The normalized spacial score (nSPS) is 9.50. The minimum Gasteiger partial charge on any atom is -0.350 e. The molecule has 0 saturated carbocycles. The number of amides is 1. The topological polar surface area (TPSA) is 29.1 Å². The molecule has 1 amide bonds. The Kier molecular flexibility index (Phi) is 4.63. The fourth-order valence-corrected chi connectivity index (χ4v) is 0.753. The quantitative estimate of drug-likeness (QED) is 0.590. The summed E-state index contributed by atoms with van der Waals surface area (Å²) in [5.41, 5.74) is 0. The van der Waals surface area contributed by atoms with E-state index in [1.165, 1.54) is 6.08 Å². The smallest absolute Gasteiger partial charge is 0.243 e. The van der Waals surface area contributed by atoms with Crippen LogP contribution in [0.2, 0.25) is 0 Å². The second-order valence-electron chi connectivity index (χ2n) is 2.23. The summed E-state index contributed by atoms with van der Waals surface area (Å²) in [5, 5.41) is 2.81. The van der Waals surface area contributed by atoms with E-state index in [1.807, 2.05) is 0 Å². The zero-order valence-electron chi connectivity index (χ0n) is 6.68. The Balaban J connectivity index is 3.62. The van der Waals surface area contributed by atoms with Crippen LogP contribution >= 0.6 is 0 Å². The molecule has 0 aliphatic carbocycles. The predicted octanol–water partition coefficient (Wildman–Crippen LogP) is 1.48. The predicted molar refractivity (Wildman–Crippen MR) is 42.7 cm³/mol. The summed E-state index contributed by atoms with van der Waals surface area (Å²) in [6.07, 6.45) is 3.27. The third-order valence-corrected chi connectivity index (χ3v) is 1.52. The SMILES string of the molecule is C=CC(=O)NC(CC)CC. The van der Waals surface area contributed by atoms with E-state index in [1.54, 1.807) is 0 Å². The zero-order chi connectivity index (χ0) is 7.98. The minimum atomic E-state index is -0.0753. The van der Waals surface area contributed by atoms with Crippen molar-refractivity contribution < 1.29 is 4.79 Å². The van der Waals surface area contributed by atoms with Crippen LogP contribution in [0.3, 0.4) is 0 Å². The molecule has 0 aromatic rings. The van der Waals surface area contributed by atoms with Crippen molar-refractivity contribution in [2.45, 2.75) is 32.7 Å². The number of hydrogen-bond acceptors (Lipinski definition) is 1. The molecule has 0 fully saturated rings. The van der Waals surface area contributed by atoms with Crippen LogP contribution in [0.1, 0.15) is 26.7 Å². The summed E-state index contributed by atoms with van der Waals surface area (Å²) in [4.78, 5) is 10.7. The molecular weight excluding hydrogens is 126 g/mol. The molecule has 0 rings (SSSR count). The van der Waals surface area contributed by atoms with Crippen molar-refractivity contribution in [3.05, 3.63) is 12.7 Å². The van der Waals surface area contributed by atoms with E-state index >= 15 is 0 Å². The van der Waals surface area contributed by atoms with Crippen molar-refractivity contribution in [1.29, 1.82) is 0 Å². The third kappa shape index (κ3) is 3.28. The number of carbonyl (C=O) groups is 1. The number of rotatable bonds is 4. The lowest BCUT2D eigenvalue weighted by molar-refractivity contribution is -0.117. The highest BCUT2D eigenvalue weighted by Gasteiger charge is 2.03. The van der Waals surface area contributed by atoms with E-state index in [-0.39, 0.29) is 5.91 Å². The fraction of sp³-hybridized carbons (Fsp3) is 0.625. The molecule has 0 atom stereocenters. The lowest BCUT2D eigenvalue weighted by Crippen LogP contribution is -2.32. The summed E-state index contributed by atoms with van der Waals surface area (Å²) in [6, 6.07) is 0.311. The highest BCUT2D eigenvalue weighted by atomic mass is 16.1. The van der Waals surface area contributed by atoms with Gasteiger partial charge in [0.05, 0.1) is 0 Å². The van der Waals surface area contributed by atoms with Gasteiger partial charge in [-0.25, -0.2) is 0 Å². The van der Waals surface area contributed by atoms with Gasteiger partial charge in [-0.15, -0.1) is 0 Å². The van der Waals surface area contributed by atoms with Crippen LogP contribution in [0.4, 0.5) is 0 Å². The van der Waals surface area contributed by atoms with Crippen molar-refractivity contribution in [3.8, 4) is 0 Å². The number of hydrogen-bond donors (Lipinski definition) is 1. The van der Waals surface area contributed by atoms with Gasteiger partial charge in [-0.3, -0.25) is 4.79 Å². The summed E-state index contributed by atoms with van der Waals surface area (Å²) in [5.74, 6) is -0.0753. The Labute approximate surface area is 62.3 Å². The van der Waals surface area contributed by atoms with Crippen LogP contribution < -0.4 is 5.32 Å².